The Labute approximate surface area is 89.3 Å². The summed E-state index contributed by atoms with van der Waals surface area (Å²) < 4.78 is 5.83. The molecule has 1 atom stereocenters. The summed E-state index contributed by atoms with van der Waals surface area (Å²) >= 11 is 1.73. The number of ether oxygens (including phenoxy) is 1. The Morgan fingerprint density at radius 3 is 3.14 bits per heavy atom. The normalized spacial score (nSPS) is 27.1. The molecule has 0 radical (unpaired) electrons. The monoisotopic (exact) mass is 211 g/mol. The molecular formula is C11H17NOS. The van der Waals surface area contributed by atoms with Gasteiger partial charge in [-0.3, -0.25) is 0 Å². The fraction of sp³-hybridized carbons (Fsp3) is 0.636. The lowest BCUT2D eigenvalue weighted by atomic mass is 10.0. The van der Waals surface area contributed by atoms with E-state index in [1.54, 1.807) is 11.3 Å². The highest BCUT2D eigenvalue weighted by atomic mass is 32.1. The molecule has 1 fully saturated rings. The summed E-state index contributed by atoms with van der Waals surface area (Å²) in [5, 5.41) is 7.82. The lowest BCUT2D eigenvalue weighted by molar-refractivity contribution is 0.0659. The van der Waals surface area contributed by atoms with Crippen LogP contribution in [0.5, 0.6) is 0 Å². The highest BCUT2D eigenvalue weighted by Crippen LogP contribution is 2.24. The number of hydrogen-bond acceptors (Lipinski definition) is 3. The minimum Gasteiger partial charge on any atom is -0.372 e. The third kappa shape index (κ3) is 2.35. The van der Waals surface area contributed by atoms with E-state index in [1.807, 2.05) is 0 Å². The van der Waals surface area contributed by atoms with Crippen molar-refractivity contribution in [2.24, 2.45) is 0 Å². The fourth-order valence-corrected chi connectivity index (χ4v) is 2.35. The Morgan fingerprint density at radius 2 is 2.43 bits per heavy atom. The molecule has 1 unspecified atom stereocenters. The molecular weight excluding hydrogens is 194 g/mol. The molecule has 2 nitrogen and oxygen atoms in total. The number of nitrogens with one attached hydrogen (secondary N) is 1. The van der Waals surface area contributed by atoms with Gasteiger partial charge in [-0.1, -0.05) is 0 Å². The molecule has 2 heterocycles. The van der Waals surface area contributed by atoms with Gasteiger partial charge in [0.15, 0.2) is 0 Å². The van der Waals surface area contributed by atoms with Crippen molar-refractivity contribution in [3.05, 3.63) is 22.4 Å². The first-order chi connectivity index (χ1) is 6.67. The lowest BCUT2D eigenvalue weighted by Crippen LogP contribution is -2.39. The average molecular weight is 211 g/mol. The van der Waals surface area contributed by atoms with E-state index >= 15 is 0 Å². The fourth-order valence-electron chi connectivity index (χ4n) is 1.64. The van der Waals surface area contributed by atoms with E-state index in [4.69, 9.17) is 4.74 Å². The number of hydrogen-bond donors (Lipinski definition) is 1. The topological polar surface area (TPSA) is 21.3 Å². The first-order valence-electron chi connectivity index (χ1n) is 5.06. The summed E-state index contributed by atoms with van der Waals surface area (Å²) in [7, 11) is 0. The van der Waals surface area contributed by atoms with Gasteiger partial charge in [0.1, 0.15) is 0 Å². The van der Waals surface area contributed by atoms with Crippen LogP contribution in [0.4, 0.5) is 0 Å². The van der Waals surface area contributed by atoms with Crippen LogP contribution >= 0.6 is 11.3 Å². The summed E-state index contributed by atoms with van der Waals surface area (Å²) in [6, 6.07) is 2.15. The van der Waals surface area contributed by atoms with Crippen molar-refractivity contribution in [2.45, 2.75) is 31.9 Å². The van der Waals surface area contributed by atoms with Crippen LogP contribution in [0.3, 0.4) is 0 Å². The molecule has 0 amide bonds. The van der Waals surface area contributed by atoms with Gasteiger partial charge in [-0.05, 0) is 42.7 Å². The summed E-state index contributed by atoms with van der Waals surface area (Å²) in [5.74, 6) is 0. The lowest BCUT2D eigenvalue weighted by Gasteiger charge is -2.23. The van der Waals surface area contributed by atoms with Crippen LogP contribution in [0.1, 0.15) is 31.9 Å². The molecule has 1 N–H and O–H groups in total. The molecule has 1 aliphatic rings. The third-order valence-corrected chi connectivity index (χ3v) is 3.43. The van der Waals surface area contributed by atoms with Gasteiger partial charge in [-0.2, -0.15) is 11.3 Å². The van der Waals surface area contributed by atoms with Crippen molar-refractivity contribution in [1.29, 1.82) is 0 Å². The predicted molar refractivity (Wildman–Crippen MR) is 59.7 cm³/mol. The van der Waals surface area contributed by atoms with Crippen LogP contribution < -0.4 is 5.32 Å². The molecule has 1 saturated heterocycles. The van der Waals surface area contributed by atoms with Crippen molar-refractivity contribution in [1.82, 2.24) is 5.32 Å². The molecule has 78 valence electrons. The molecule has 1 aromatic heterocycles. The van der Waals surface area contributed by atoms with Gasteiger partial charge in [-0.25, -0.2) is 0 Å². The smallest absolute Gasteiger partial charge is 0.0957 e. The second-order valence-electron chi connectivity index (χ2n) is 4.43. The van der Waals surface area contributed by atoms with E-state index in [2.05, 4.69) is 36.0 Å². The Bertz CT molecular complexity index is 281. The van der Waals surface area contributed by atoms with E-state index in [9.17, 15) is 0 Å². The van der Waals surface area contributed by atoms with Gasteiger partial charge in [0.05, 0.1) is 6.10 Å². The Morgan fingerprint density at radius 1 is 1.57 bits per heavy atom. The van der Waals surface area contributed by atoms with Gasteiger partial charge in [0.25, 0.3) is 0 Å². The number of rotatable bonds is 1. The standard InChI is InChI=1S/C11H17NOS/c1-11(2)4-5-13-10(7-12-11)9-3-6-14-8-9/h3,6,8,10,12H,4-5,7H2,1-2H3. The molecule has 3 heteroatoms. The van der Waals surface area contributed by atoms with E-state index in [0.29, 0.717) is 0 Å². The maximum Gasteiger partial charge on any atom is 0.0957 e. The van der Waals surface area contributed by atoms with Gasteiger partial charge in [0.2, 0.25) is 0 Å². The Balaban J connectivity index is 2.03. The first kappa shape index (κ1) is 10.1. The second-order valence-corrected chi connectivity index (χ2v) is 5.21. The van der Waals surface area contributed by atoms with Gasteiger partial charge < -0.3 is 10.1 Å². The van der Waals surface area contributed by atoms with Crippen LogP contribution in [0, 0.1) is 0 Å². The van der Waals surface area contributed by atoms with Crippen LogP contribution in [0.25, 0.3) is 0 Å². The second kappa shape index (κ2) is 4.01. The van der Waals surface area contributed by atoms with Crippen molar-refractivity contribution >= 4 is 11.3 Å². The van der Waals surface area contributed by atoms with Gasteiger partial charge in [0, 0.05) is 18.7 Å². The largest absolute Gasteiger partial charge is 0.372 e. The van der Waals surface area contributed by atoms with Crippen molar-refractivity contribution < 1.29 is 4.74 Å². The van der Waals surface area contributed by atoms with E-state index in [0.717, 1.165) is 19.6 Å². The van der Waals surface area contributed by atoms with Crippen LogP contribution in [-0.4, -0.2) is 18.7 Å². The number of thiophene rings is 1. The molecule has 0 aliphatic carbocycles. The molecule has 14 heavy (non-hydrogen) atoms. The highest BCUT2D eigenvalue weighted by Gasteiger charge is 2.24. The van der Waals surface area contributed by atoms with Gasteiger partial charge >= 0.3 is 0 Å². The molecule has 0 spiro atoms. The third-order valence-electron chi connectivity index (χ3n) is 2.73. The zero-order valence-corrected chi connectivity index (χ0v) is 9.56. The minimum absolute atomic E-state index is 0.213. The zero-order chi connectivity index (χ0) is 10.0. The van der Waals surface area contributed by atoms with Gasteiger partial charge in [-0.15, -0.1) is 0 Å². The average Bonchev–Trinajstić information content (AvgIpc) is 2.58. The van der Waals surface area contributed by atoms with Crippen LogP contribution in [0.15, 0.2) is 16.8 Å². The molecule has 0 bridgehead atoms. The van der Waals surface area contributed by atoms with Crippen molar-refractivity contribution in [3.8, 4) is 0 Å². The molecule has 1 aliphatic heterocycles. The summed E-state index contributed by atoms with van der Waals surface area (Å²) in [6.45, 7) is 6.23. The van der Waals surface area contributed by atoms with E-state index in [1.165, 1.54) is 5.56 Å². The SMILES string of the molecule is CC1(C)CCOC(c2ccsc2)CN1. The quantitative estimate of drug-likeness (QED) is 0.771. The maximum atomic E-state index is 5.83. The highest BCUT2D eigenvalue weighted by molar-refractivity contribution is 7.07. The van der Waals surface area contributed by atoms with E-state index in [-0.39, 0.29) is 11.6 Å². The molecule has 2 rings (SSSR count). The summed E-state index contributed by atoms with van der Waals surface area (Å²) in [5.41, 5.74) is 1.52. The molecule has 1 aromatic rings. The van der Waals surface area contributed by atoms with E-state index < -0.39 is 0 Å². The first-order valence-corrected chi connectivity index (χ1v) is 6.00. The summed E-state index contributed by atoms with van der Waals surface area (Å²) in [6.07, 6.45) is 1.32. The molecule has 0 aromatic carbocycles. The van der Waals surface area contributed by atoms with Crippen LogP contribution in [0.2, 0.25) is 0 Å². The Hall–Kier alpha value is -0.380. The maximum absolute atomic E-state index is 5.83. The van der Waals surface area contributed by atoms with Crippen LogP contribution in [-0.2, 0) is 4.74 Å². The summed E-state index contributed by atoms with van der Waals surface area (Å²) in [4.78, 5) is 0. The predicted octanol–water partition coefficient (Wildman–Crippen LogP) is 2.58. The zero-order valence-electron chi connectivity index (χ0n) is 8.75. The van der Waals surface area contributed by atoms with Crippen molar-refractivity contribution in [3.63, 3.8) is 0 Å². The Kier molecular flexibility index (Phi) is 2.91. The molecule has 0 saturated carbocycles. The minimum atomic E-state index is 0.213. The van der Waals surface area contributed by atoms with Crippen molar-refractivity contribution in [2.75, 3.05) is 13.2 Å².